The van der Waals surface area contributed by atoms with Crippen molar-refractivity contribution in [1.82, 2.24) is 4.90 Å². The Morgan fingerprint density at radius 3 is 2.69 bits per heavy atom. The van der Waals surface area contributed by atoms with Gasteiger partial charge in [0, 0.05) is 13.1 Å². The highest BCUT2D eigenvalue weighted by atomic mass is 16.2. The zero-order valence-corrected chi connectivity index (χ0v) is 9.91. The van der Waals surface area contributed by atoms with Gasteiger partial charge >= 0.3 is 0 Å². The maximum absolute atomic E-state index is 12.0. The van der Waals surface area contributed by atoms with E-state index in [0.29, 0.717) is 6.42 Å². The first-order valence-corrected chi connectivity index (χ1v) is 6.09. The molecule has 0 atom stereocenters. The highest BCUT2D eigenvalue weighted by molar-refractivity contribution is 5.78. The molecule has 0 unspecified atom stereocenters. The van der Waals surface area contributed by atoms with Gasteiger partial charge in [-0.05, 0) is 31.7 Å². The van der Waals surface area contributed by atoms with Gasteiger partial charge in [-0.15, -0.1) is 0 Å². The Kier molecular flexibility index (Phi) is 3.60. The van der Waals surface area contributed by atoms with Crippen LogP contribution in [0.1, 0.15) is 30.4 Å². The van der Waals surface area contributed by atoms with Crippen molar-refractivity contribution in [3.63, 3.8) is 0 Å². The number of rotatable bonds is 2. The second kappa shape index (κ2) is 5.15. The summed E-state index contributed by atoms with van der Waals surface area (Å²) in [5.74, 6) is 0.283. The van der Waals surface area contributed by atoms with Gasteiger partial charge in [-0.2, -0.15) is 0 Å². The summed E-state index contributed by atoms with van der Waals surface area (Å²) in [4.78, 5) is 14.0. The van der Waals surface area contributed by atoms with Crippen molar-refractivity contribution < 1.29 is 4.79 Å². The van der Waals surface area contributed by atoms with E-state index in [4.69, 9.17) is 0 Å². The SMILES string of the molecule is Cc1cccc(CC(=O)N2CCCCC2)c1. The van der Waals surface area contributed by atoms with Gasteiger partial charge in [0.1, 0.15) is 0 Å². The second-order valence-electron chi connectivity index (χ2n) is 4.61. The van der Waals surface area contributed by atoms with Gasteiger partial charge in [-0.3, -0.25) is 4.79 Å². The molecule has 0 bridgehead atoms. The minimum Gasteiger partial charge on any atom is -0.342 e. The second-order valence-corrected chi connectivity index (χ2v) is 4.61. The summed E-state index contributed by atoms with van der Waals surface area (Å²) in [6.45, 7) is 3.96. The van der Waals surface area contributed by atoms with Crippen molar-refractivity contribution in [1.29, 1.82) is 0 Å². The molecule has 0 spiro atoms. The third-order valence-corrected chi connectivity index (χ3v) is 3.15. The van der Waals surface area contributed by atoms with Crippen molar-refractivity contribution in [2.24, 2.45) is 0 Å². The summed E-state index contributed by atoms with van der Waals surface area (Å²) >= 11 is 0. The first kappa shape index (κ1) is 11.2. The zero-order chi connectivity index (χ0) is 11.4. The third kappa shape index (κ3) is 2.84. The number of benzene rings is 1. The molecule has 86 valence electrons. The van der Waals surface area contributed by atoms with Crippen LogP contribution in [0.4, 0.5) is 0 Å². The molecule has 1 heterocycles. The van der Waals surface area contributed by atoms with E-state index in [-0.39, 0.29) is 5.91 Å². The van der Waals surface area contributed by atoms with Crippen molar-refractivity contribution in [2.45, 2.75) is 32.6 Å². The Bertz CT molecular complexity index is 367. The van der Waals surface area contributed by atoms with Crippen LogP contribution in [0.2, 0.25) is 0 Å². The minimum absolute atomic E-state index is 0.283. The lowest BCUT2D eigenvalue weighted by Gasteiger charge is -2.26. The van der Waals surface area contributed by atoms with Crippen LogP contribution in [0, 0.1) is 6.92 Å². The zero-order valence-electron chi connectivity index (χ0n) is 9.91. The number of carbonyl (C=O) groups is 1. The van der Waals surface area contributed by atoms with E-state index < -0.39 is 0 Å². The summed E-state index contributed by atoms with van der Waals surface area (Å²) < 4.78 is 0. The number of piperidine rings is 1. The molecule has 0 aliphatic carbocycles. The molecule has 16 heavy (non-hydrogen) atoms. The third-order valence-electron chi connectivity index (χ3n) is 3.15. The number of hydrogen-bond donors (Lipinski definition) is 0. The van der Waals surface area contributed by atoms with Crippen molar-refractivity contribution in [3.8, 4) is 0 Å². The van der Waals surface area contributed by atoms with Gasteiger partial charge in [0.05, 0.1) is 6.42 Å². The number of amides is 1. The number of hydrogen-bond acceptors (Lipinski definition) is 1. The topological polar surface area (TPSA) is 20.3 Å². The predicted octanol–water partition coefficient (Wildman–Crippen LogP) is 2.55. The number of nitrogens with zero attached hydrogens (tertiary/aromatic N) is 1. The van der Waals surface area contributed by atoms with E-state index in [0.717, 1.165) is 18.7 Å². The quantitative estimate of drug-likeness (QED) is 0.745. The van der Waals surface area contributed by atoms with Crippen LogP contribution in [0.5, 0.6) is 0 Å². The molecule has 0 N–H and O–H groups in total. The van der Waals surface area contributed by atoms with Gasteiger partial charge in [0.25, 0.3) is 0 Å². The van der Waals surface area contributed by atoms with Crippen LogP contribution in [-0.2, 0) is 11.2 Å². The first-order valence-electron chi connectivity index (χ1n) is 6.09. The largest absolute Gasteiger partial charge is 0.342 e. The van der Waals surface area contributed by atoms with Crippen LogP contribution in [0.15, 0.2) is 24.3 Å². The maximum atomic E-state index is 12.0. The van der Waals surface area contributed by atoms with Gasteiger partial charge in [-0.1, -0.05) is 29.8 Å². The molecule has 2 heteroatoms. The van der Waals surface area contributed by atoms with Gasteiger partial charge in [-0.25, -0.2) is 0 Å². The molecule has 1 aliphatic rings. The van der Waals surface area contributed by atoms with Gasteiger partial charge in [0.15, 0.2) is 0 Å². The summed E-state index contributed by atoms with van der Waals surface area (Å²) in [5.41, 5.74) is 2.36. The van der Waals surface area contributed by atoms with E-state index >= 15 is 0 Å². The molecule has 1 saturated heterocycles. The highest BCUT2D eigenvalue weighted by Gasteiger charge is 2.16. The Morgan fingerprint density at radius 1 is 1.25 bits per heavy atom. The van der Waals surface area contributed by atoms with Crippen LogP contribution in [0.3, 0.4) is 0 Å². The molecule has 0 saturated carbocycles. The number of carbonyl (C=O) groups excluding carboxylic acids is 1. The molecule has 1 aromatic rings. The maximum Gasteiger partial charge on any atom is 0.226 e. The molecule has 1 aliphatic heterocycles. The van der Waals surface area contributed by atoms with Crippen molar-refractivity contribution >= 4 is 5.91 Å². The fourth-order valence-electron chi connectivity index (χ4n) is 2.25. The van der Waals surface area contributed by atoms with Crippen LogP contribution >= 0.6 is 0 Å². The Morgan fingerprint density at radius 2 is 2.00 bits per heavy atom. The van der Waals surface area contributed by atoms with Crippen LogP contribution in [0.25, 0.3) is 0 Å². The summed E-state index contributed by atoms with van der Waals surface area (Å²) in [6, 6.07) is 8.22. The Hall–Kier alpha value is -1.31. The summed E-state index contributed by atoms with van der Waals surface area (Å²) in [7, 11) is 0. The molecule has 0 radical (unpaired) electrons. The predicted molar refractivity (Wildman–Crippen MR) is 65.3 cm³/mol. The summed E-state index contributed by atoms with van der Waals surface area (Å²) in [6.07, 6.45) is 4.16. The van der Waals surface area contributed by atoms with Crippen molar-refractivity contribution in [2.75, 3.05) is 13.1 Å². The van der Waals surface area contributed by atoms with E-state index in [1.807, 2.05) is 17.0 Å². The molecular formula is C14H19NO. The van der Waals surface area contributed by atoms with Gasteiger partial charge < -0.3 is 4.90 Å². The normalized spacial score (nSPS) is 16.2. The number of aryl methyl sites for hydroxylation is 1. The molecule has 2 rings (SSSR count). The smallest absolute Gasteiger partial charge is 0.226 e. The lowest BCUT2D eigenvalue weighted by molar-refractivity contribution is -0.131. The minimum atomic E-state index is 0.283. The molecule has 1 fully saturated rings. The lowest BCUT2D eigenvalue weighted by Crippen LogP contribution is -2.36. The fourth-order valence-corrected chi connectivity index (χ4v) is 2.25. The van der Waals surface area contributed by atoms with Crippen LogP contribution < -0.4 is 0 Å². The van der Waals surface area contributed by atoms with E-state index in [1.54, 1.807) is 0 Å². The standard InChI is InChI=1S/C14H19NO/c1-12-6-5-7-13(10-12)11-14(16)15-8-3-2-4-9-15/h5-7,10H,2-4,8-9,11H2,1H3. The van der Waals surface area contributed by atoms with E-state index in [1.165, 1.54) is 24.8 Å². The fraction of sp³-hybridized carbons (Fsp3) is 0.500. The number of likely N-dealkylation sites (tertiary alicyclic amines) is 1. The Labute approximate surface area is 97.3 Å². The highest BCUT2D eigenvalue weighted by Crippen LogP contribution is 2.12. The molecular weight excluding hydrogens is 198 g/mol. The molecule has 1 aromatic carbocycles. The lowest BCUT2D eigenvalue weighted by atomic mass is 10.1. The average molecular weight is 217 g/mol. The van der Waals surface area contributed by atoms with Crippen LogP contribution in [-0.4, -0.2) is 23.9 Å². The molecule has 1 amide bonds. The monoisotopic (exact) mass is 217 g/mol. The summed E-state index contributed by atoms with van der Waals surface area (Å²) in [5, 5.41) is 0. The Balaban J connectivity index is 1.96. The van der Waals surface area contributed by atoms with Crippen molar-refractivity contribution in [3.05, 3.63) is 35.4 Å². The molecule has 2 nitrogen and oxygen atoms in total. The average Bonchev–Trinajstić information content (AvgIpc) is 2.30. The van der Waals surface area contributed by atoms with E-state index in [9.17, 15) is 4.79 Å². The van der Waals surface area contributed by atoms with E-state index in [2.05, 4.69) is 19.1 Å². The first-order chi connectivity index (χ1) is 7.75. The van der Waals surface area contributed by atoms with Gasteiger partial charge in [0.2, 0.25) is 5.91 Å². The molecule has 0 aromatic heterocycles.